The highest BCUT2D eigenvalue weighted by Gasteiger charge is 2.18. The van der Waals surface area contributed by atoms with E-state index in [1.54, 1.807) is 24.3 Å². The molecule has 1 heterocycles. The van der Waals surface area contributed by atoms with Gasteiger partial charge in [-0.1, -0.05) is 11.6 Å². The van der Waals surface area contributed by atoms with Gasteiger partial charge in [0.05, 0.1) is 0 Å². The van der Waals surface area contributed by atoms with Gasteiger partial charge in [0.2, 0.25) is 0 Å². The van der Waals surface area contributed by atoms with Crippen molar-refractivity contribution in [2.75, 3.05) is 0 Å². The number of aryl methyl sites for hydroxylation is 1. The number of hydrogen-bond acceptors (Lipinski definition) is 3. The van der Waals surface area contributed by atoms with Gasteiger partial charge in [0.25, 0.3) is 0 Å². The Balaban J connectivity index is 2.10. The molecule has 0 bridgehead atoms. The van der Waals surface area contributed by atoms with E-state index in [0.29, 0.717) is 11.0 Å². The summed E-state index contributed by atoms with van der Waals surface area (Å²) in [5.41, 5.74) is 3.03. The standard InChI is InChI=1S/C13H11ClN2O/c14-12-10-2-1-3-11(10)15-13(16-12)8-4-6-9(17)7-5-8/h4-7,17H,1-3H2. The molecule has 0 aliphatic heterocycles. The number of benzene rings is 1. The SMILES string of the molecule is Oc1ccc(-c2nc(Cl)c3c(n2)CCC3)cc1. The Kier molecular flexibility index (Phi) is 2.48. The lowest BCUT2D eigenvalue weighted by Gasteiger charge is -2.05. The first-order valence-electron chi connectivity index (χ1n) is 5.59. The van der Waals surface area contributed by atoms with Gasteiger partial charge in [-0.05, 0) is 43.5 Å². The molecule has 0 fully saturated rings. The molecule has 2 aromatic rings. The largest absolute Gasteiger partial charge is 0.508 e. The maximum Gasteiger partial charge on any atom is 0.161 e. The molecule has 3 nitrogen and oxygen atoms in total. The number of nitrogens with zero attached hydrogens (tertiary/aromatic N) is 2. The average molecular weight is 247 g/mol. The lowest BCUT2D eigenvalue weighted by Crippen LogP contribution is -1.97. The Bertz CT molecular complexity index is 566. The van der Waals surface area contributed by atoms with Gasteiger partial charge in [0.1, 0.15) is 10.9 Å². The quantitative estimate of drug-likeness (QED) is 0.787. The normalized spacial score (nSPS) is 13.7. The summed E-state index contributed by atoms with van der Waals surface area (Å²) >= 11 is 6.16. The molecule has 0 saturated heterocycles. The predicted molar refractivity (Wildman–Crippen MR) is 66.2 cm³/mol. The van der Waals surface area contributed by atoms with Crippen molar-refractivity contribution in [2.24, 2.45) is 0 Å². The van der Waals surface area contributed by atoms with Gasteiger partial charge < -0.3 is 5.11 Å². The van der Waals surface area contributed by atoms with Crippen LogP contribution in [0.25, 0.3) is 11.4 Å². The maximum absolute atomic E-state index is 9.25. The minimum atomic E-state index is 0.237. The van der Waals surface area contributed by atoms with E-state index in [1.807, 2.05) is 0 Å². The topological polar surface area (TPSA) is 46.0 Å². The zero-order valence-corrected chi connectivity index (χ0v) is 9.91. The molecule has 4 heteroatoms. The van der Waals surface area contributed by atoms with Gasteiger partial charge in [-0.3, -0.25) is 0 Å². The van der Waals surface area contributed by atoms with Crippen molar-refractivity contribution < 1.29 is 5.11 Å². The molecule has 0 saturated carbocycles. The van der Waals surface area contributed by atoms with E-state index < -0.39 is 0 Å². The highest BCUT2D eigenvalue weighted by atomic mass is 35.5. The van der Waals surface area contributed by atoms with E-state index >= 15 is 0 Å². The van der Waals surface area contributed by atoms with Crippen LogP contribution >= 0.6 is 11.6 Å². The summed E-state index contributed by atoms with van der Waals surface area (Å²) < 4.78 is 0. The Morgan fingerprint density at radius 2 is 1.82 bits per heavy atom. The molecule has 0 amide bonds. The van der Waals surface area contributed by atoms with Crippen molar-refractivity contribution >= 4 is 11.6 Å². The van der Waals surface area contributed by atoms with E-state index in [0.717, 1.165) is 36.1 Å². The van der Waals surface area contributed by atoms with Crippen molar-refractivity contribution in [3.8, 4) is 17.1 Å². The summed E-state index contributed by atoms with van der Waals surface area (Å²) in [5.74, 6) is 0.872. The fraction of sp³-hybridized carbons (Fsp3) is 0.231. The molecule has 0 spiro atoms. The molecule has 0 atom stereocenters. The van der Waals surface area contributed by atoms with Crippen LogP contribution < -0.4 is 0 Å². The molecule has 1 aromatic heterocycles. The lowest BCUT2D eigenvalue weighted by molar-refractivity contribution is 0.475. The van der Waals surface area contributed by atoms with Crippen LogP contribution in [0.15, 0.2) is 24.3 Å². The van der Waals surface area contributed by atoms with E-state index in [-0.39, 0.29) is 5.75 Å². The van der Waals surface area contributed by atoms with Crippen molar-refractivity contribution in [3.05, 3.63) is 40.7 Å². The summed E-state index contributed by atoms with van der Waals surface area (Å²) in [7, 11) is 0. The Hall–Kier alpha value is -1.61. The van der Waals surface area contributed by atoms with Crippen molar-refractivity contribution in [1.29, 1.82) is 0 Å². The zero-order chi connectivity index (χ0) is 11.8. The van der Waals surface area contributed by atoms with Crippen LogP contribution in [0.1, 0.15) is 17.7 Å². The van der Waals surface area contributed by atoms with Gasteiger partial charge in [-0.2, -0.15) is 0 Å². The maximum atomic E-state index is 9.25. The third-order valence-electron chi connectivity index (χ3n) is 3.01. The first kappa shape index (κ1) is 10.5. The van der Waals surface area contributed by atoms with Gasteiger partial charge in [0.15, 0.2) is 5.82 Å². The third kappa shape index (κ3) is 1.87. The van der Waals surface area contributed by atoms with Crippen LogP contribution in [-0.2, 0) is 12.8 Å². The van der Waals surface area contributed by atoms with Gasteiger partial charge in [0, 0.05) is 16.8 Å². The highest BCUT2D eigenvalue weighted by molar-refractivity contribution is 6.30. The number of rotatable bonds is 1. The van der Waals surface area contributed by atoms with Crippen molar-refractivity contribution in [1.82, 2.24) is 9.97 Å². The van der Waals surface area contributed by atoms with E-state index in [9.17, 15) is 5.11 Å². The van der Waals surface area contributed by atoms with Crippen molar-refractivity contribution in [3.63, 3.8) is 0 Å². The molecule has 1 aromatic carbocycles. The second-order valence-electron chi connectivity index (χ2n) is 4.16. The van der Waals surface area contributed by atoms with E-state index in [1.165, 1.54) is 0 Å². The Labute approximate surface area is 104 Å². The molecule has 1 aliphatic rings. The Morgan fingerprint density at radius 1 is 1.06 bits per heavy atom. The number of hydrogen-bond donors (Lipinski definition) is 1. The minimum absolute atomic E-state index is 0.237. The van der Waals surface area contributed by atoms with Crippen LogP contribution in [0.5, 0.6) is 5.75 Å². The highest BCUT2D eigenvalue weighted by Crippen LogP contribution is 2.29. The molecule has 0 radical (unpaired) electrons. The van der Waals surface area contributed by atoms with Crippen molar-refractivity contribution in [2.45, 2.75) is 19.3 Å². The predicted octanol–water partition coefficient (Wildman–Crippen LogP) is 2.99. The van der Waals surface area contributed by atoms with Crippen LogP contribution in [0.2, 0.25) is 5.15 Å². The summed E-state index contributed by atoms with van der Waals surface area (Å²) in [4.78, 5) is 8.85. The molecule has 86 valence electrons. The summed E-state index contributed by atoms with van der Waals surface area (Å²) in [6, 6.07) is 6.84. The minimum Gasteiger partial charge on any atom is -0.508 e. The Morgan fingerprint density at radius 3 is 2.59 bits per heavy atom. The second-order valence-corrected chi connectivity index (χ2v) is 4.52. The van der Waals surface area contributed by atoms with Crippen LogP contribution in [0, 0.1) is 0 Å². The number of phenols is 1. The molecule has 17 heavy (non-hydrogen) atoms. The van der Waals surface area contributed by atoms with E-state index in [2.05, 4.69) is 9.97 Å². The van der Waals surface area contributed by atoms with Gasteiger partial charge in [-0.15, -0.1) is 0 Å². The summed E-state index contributed by atoms with van der Waals surface area (Å²) in [5, 5.41) is 9.81. The number of phenolic OH excluding ortho intramolecular Hbond substituents is 1. The number of halogens is 1. The van der Waals surface area contributed by atoms with Gasteiger partial charge >= 0.3 is 0 Å². The second kappa shape index (κ2) is 4.00. The zero-order valence-electron chi connectivity index (χ0n) is 9.15. The monoisotopic (exact) mass is 246 g/mol. The number of aromatic nitrogens is 2. The molecule has 3 rings (SSSR count). The summed E-state index contributed by atoms with van der Waals surface area (Å²) in [6.07, 6.45) is 3.05. The number of aromatic hydroxyl groups is 1. The van der Waals surface area contributed by atoms with E-state index in [4.69, 9.17) is 11.6 Å². The third-order valence-corrected chi connectivity index (χ3v) is 3.32. The summed E-state index contributed by atoms with van der Waals surface area (Å²) in [6.45, 7) is 0. The molecule has 0 unspecified atom stereocenters. The lowest BCUT2D eigenvalue weighted by atomic mass is 10.2. The fourth-order valence-electron chi connectivity index (χ4n) is 2.13. The van der Waals surface area contributed by atoms with Crippen LogP contribution in [0.3, 0.4) is 0 Å². The molecule has 1 N–H and O–H groups in total. The molecule has 1 aliphatic carbocycles. The number of fused-ring (bicyclic) bond motifs is 1. The smallest absolute Gasteiger partial charge is 0.161 e. The fourth-order valence-corrected chi connectivity index (χ4v) is 2.41. The van der Waals surface area contributed by atoms with Gasteiger partial charge in [-0.25, -0.2) is 9.97 Å². The first-order chi connectivity index (χ1) is 8.24. The van der Waals surface area contributed by atoms with Crippen LogP contribution in [-0.4, -0.2) is 15.1 Å². The first-order valence-corrected chi connectivity index (χ1v) is 5.96. The average Bonchev–Trinajstić information content (AvgIpc) is 2.78. The molecular weight excluding hydrogens is 236 g/mol. The van der Waals surface area contributed by atoms with Crippen LogP contribution in [0.4, 0.5) is 0 Å². The molecular formula is C13H11ClN2O.